The second-order valence-corrected chi connectivity index (χ2v) is 6.31. The van der Waals surface area contributed by atoms with Crippen LogP contribution in [0.4, 0.5) is 0 Å². The minimum absolute atomic E-state index is 0.0109. The first-order valence-electron chi connectivity index (χ1n) is 8.67. The van der Waals surface area contributed by atoms with Crippen molar-refractivity contribution >= 4 is 5.91 Å². The quantitative estimate of drug-likeness (QED) is 0.739. The molecule has 1 aliphatic heterocycles. The molecule has 0 bridgehead atoms. The molecule has 1 unspecified atom stereocenters. The third-order valence-electron chi connectivity index (χ3n) is 4.14. The minimum atomic E-state index is -0.240. The van der Waals surface area contributed by atoms with Crippen molar-refractivity contribution in [1.82, 2.24) is 25.5 Å². The molecular formula is C19H19N5O3. The van der Waals surface area contributed by atoms with Gasteiger partial charge in [0.2, 0.25) is 11.7 Å². The van der Waals surface area contributed by atoms with Crippen LogP contribution in [0.3, 0.4) is 0 Å². The minimum Gasteiger partial charge on any atom is -0.486 e. The number of benzene rings is 2. The molecule has 4 rings (SSSR count). The lowest BCUT2D eigenvalue weighted by Crippen LogP contribution is -2.41. The molecule has 27 heavy (non-hydrogen) atoms. The average Bonchev–Trinajstić information content (AvgIpc) is 3.15. The van der Waals surface area contributed by atoms with E-state index < -0.39 is 0 Å². The summed E-state index contributed by atoms with van der Waals surface area (Å²) >= 11 is 0. The number of carbonyl (C=O) groups excluding carboxylic acids is 1. The first-order valence-corrected chi connectivity index (χ1v) is 8.67. The van der Waals surface area contributed by atoms with Gasteiger partial charge in [0.1, 0.15) is 19.3 Å². The number of para-hydroxylation sites is 2. The SMILES string of the molecule is Cc1ccc(-c2nnn(CC(=O)NCC3COc4ccccc4O3)n2)cc1. The van der Waals surface area contributed by atoms with Gasteiger partial charge in [-0.05, 0) is 24.3 Å². The van der Waals surface area contributed by atoms with Crippen LogP contribution < -0.4 is 14.8 Å². The largest absolute Gasteiger partial charge is 0.486 e. The number of fused-ring (bicyclic) bond motifs is 1. The molecule has 3 aromatic rings. The van der Waals surface area contributed by atoms with E-state index in [0.29, 0.717) is 24.7 Å². The number of nitrogens with zero attached hydrogens (tertiary/aromatic N) is 4. The molecular weight excluding hydrogens is 346 g/mol. The van der Waals surface area contributed by atoms with Crippen LogP contribution in [0.15, 0.2) is 48.5 Å². The summed E-state index contributed by atoms with van der Waals surface area (Å²) in [5.41, 5.74) is 2.01. The number of hydrogen-bond acceptors (Lipinski definition) is 6. The lowest BCUT2D eigenvalue weighted by Gasteiger charge is -2.26. The Morgan fingerprint density at radius 2 is 1.96 bits per heavy atom. The number of hydrogen-bond donors (Lipinski definition) is 1. The van der Waals surface area contributed by atoms with Crippen LogP contribution in [0.5, 0.6) is 11.5 Å². The van der Waals surface area contributed by atoms with Crippen molar-refractivity contribution in [2.45, 2.75) is 19.6 Å². The molecule has 2 aromatic carbocycles. The number of aromatic nitrogens is 4. The number of carbonyl (C=O) groups is 1. The zero-order valence-corrected chi connectivity index (χ0v) is 14.8. The third kappa shape index (κ3) is 4.05. The van der Waals surface area contributed by atoms with E-state index in [2.05, 4.69) is 20.7 Å². The number of nitrogens with one attached hydrogen (secondary N) is 1. The van der Waals surface area contributed by atoms with E-state index >= 15 is 0 Å². The highest BCUT2D eigenvalue weighted by Gasteiger charge is 2.21. The summed E-state index contributed by atoms with van der Waals surface area (Å²) in [6.07, 6.45) is -0.240. The van der Waals surface area contributed by atoms with Gasteiger partial charge < -0.3 is 14.8 Å². The number of ether oxygens (including phenoxy) is 2. The van der Waals surface area contributed by atoms with E-state index in [4.69, 9.17) is 9.47 Å². The van der Waals surface area contributed by atoms with Crippen LogP contribution >= 0.6 is 0 Å². The highest BCUT2D eigenvalue weighted by atomic mass is 16.6. The summed E-state index contributed by atoms with van der Waals surface area (Å²) in [6.45, 7) is 2.73. The third-order valence-corrected chi connectivity index (χ3v) is 4.14. The van der Waals surface area contributed by atoms with Gasteiger partial charge in [0.15, 0.2) is 11.5 Å². The maximum Gasteiger partial charge on any atom is 0.243 e. The molecule has 0 radical (unpaired) electrons. The fourth-order valence-corrected chi connectivity index (χ4v) is 2.70. The van der Waals surface area contributed by atoms with Crippen LogP contribution in [-0.2, 0) is 11.3 Å². The summed E-state index contributed by atoms with van der Waals surface area (Å²) in [5, 5.41) is 15.0. The normalized spacial score (nSPS) is 15.4. The Balaban J connectivity index is 1.29. The lowest BCUT2D eigenvalue weighted by atomic mass is 10.1. The lowest BCUT2D eigenvalue weighted by molar-refractivity contribution is -0.122. The molecule has 138 valence electrons. The van der Waals surface area contributed by atoms with E-state index in [9.17, 15) is 4.79 Å². The molecule has 0 spiro atoms. The Bertz CT molecular complexity index is 939. The zero-order chi connectivity index (χ0) is 18.6. The summed E-state index contributed by atoms with van der Waals surface area (Å²) < 4.78 is 11.4. The van der Waals surface area contributed by atoms with Crippen LogP contribution in [0.25, 0.3) is 11.4 Å². The second kappa shape index (κ2) is 7.45. The maximum atomic E-state index is 12.2. The summed E-state index contributed by atoms with van der Waals surface area (Å²) in [5.74, 6) is 1.67. The van der Waals surface area contributed by atoms with E-state index in [1.807, 2.05) is 55.5 Å². The van der Waals surface area contributed by atoms with Gasteiger partial charge in [-0.3, -0.25) is 4.79 Å². The van der Waals surface area contributed by atoms with Gasteiger partial charge in [0, 0.05) is 5.56 Å². The van der Waals surface area contributed by atoms with Crippen molar-refractivity contribution in [2.75, 3.05) is 13.2 Å². The number of amides is 1. The molecule has 1 N–H and O–H groups in total. The molecule has 1 aromatic heterocycles. The Morgan fingerprint density at radius 1 is 1.19 bits per heavy atom. The summed E-state index contributed by atoms with van der Waals surface area (Å²) in [7, 11) is 0. The molecule has 0 fully saturated rings. The van der Waals surface area contributed by atoms with E-state index in [1.54, 1.807) is 0 Å². The van der Waals surface area contributed by atoms with Crippen molar-refractivity contribution in [3.8, 4) is 22.9 Å². The van der Waals surface area contributed by atoms with Crippen molar-refractivity contribution < 1.29 is 14.3 Å². The Morgan fingerprint density at radius 3 is 2.78 bits per heavy atom. The van der Waals surface area contributed by atoms with Crippen molar-refractivity contribution in [2.24, 2.45) is 0 Å². The van der Waals surface area contributed by atoms with Crippen LogP contribution in [-0.4, -0.2) is 45.4 Å². The Kier molecular flexibility index (Phi) is 4.69. The molecule has 0 saturated carbocycles. The van der Waals surface area contributed by atoms with Gasteiger partial charge in [-0.1, -0.05) is 42.0 Å². The molecule has 1 atom stereocenters. The highest BCUT2D eigenvalue weighted by Crippen LogP contribution is 2.30. The summed E-state index contributed by atoms with van der Waals surface area (Å²) in [4.78, 5) is 13.4. The van der Waals surface area contributed by atoms with Crippen LogP contribution in [0.2, 0.25) is 0 Å². The second-order valence-electron chi connectivity index (χ2n) is 6.31. The van der Waals surface area contributed by atoms with E-state index in [0.717, 1.165) is 16.9 Å². The zero-order valence-electron chi connectivity index (χ0n) is 14.8. The molecule has 1 aliphatic rings. The van der Waals surface area contributed by atoms with E-state index in [-0.39, 0.29) is 18.6 Å². The van der Waals surface area contributed by atoms with Crippen molar-refractivity contribution in [1.29, 1.82) is 0 Å². The van der Waals surface area contributed by atoms with Gasteiger partial charge in [-0.15, -0.1) is 10.2 Å². The van der Waals surface area contributed by atoms with E-state index in [1.165, 1.54) is 4.80 Å². The van der Waals surface area contributed by atoms with Gasteiger partial charge >= 0.3 is 0 Å². The van der Waals surface area contributed by atoms with Gasteiger partial charge in [0.05, 0.1) is 6.54 Å². The molecule has 8 heteroatoms. The molecule has 0 aliphatic carbocycles. The van der Waals surface area contributed by atoms with Gasteiger partial charge in [-0.25, -0.2) is 0 Å². The molecule has 1 amide bonds. The number of aryl methyl sites for hydroxylation is 1. The van der Waals surface area contributed by atoms with Crippen molar-refractivity contribution in [3.63, 3.8) is 0 Å². The smallest absolute Gasteiger partial charge is 0.243 e. The van der Waals surface area contributed by atoms with Gasteiger partial charge in [0.25, 0.3) is 0 Å². The summed E-state index contributed by atoms with van der Waals surface area (Å²) in [6, 6.07) is 15.3. The van der Waals surface area contributed by atoms with Crippen molar-refractivity contribution in [3.05, 3.63) is 54.1 Å². The Hall–Kier alpha value is -3.42. The maximum absolute atomic E-state index is 12.2. The Labute approximate surface area is 156 Å². The molecule has 8 nitrogen and oxygen atoms in total. The number of rotatable bonds is 5. The standard InChI is InChI=1S/C19H19N5O3/c1-13-6-8-14(9-7-13)19-21-23-24(22-19)11-18(25)20-10-15-12-26-16-4-2-3-5-17(16)27-15/h2-9,15H,10-12H2,1H3,(H,20,25). The van der Waals surface area contributed by atoms with Crippen LogP contribution in [0, 0.1) is 6.92 Å². The predicted octanol–water partition coefficient (Wildman–Crippen LogP) is 1.60. The van der Waals surface area contributed by atoms with Crippen LogP contribution in [0.1, 0.15) is 5.56 Å². The molecule has 0 saturated heterocycles. The first kappa shape index (κ1) is 17.0. The first-order chi connectivity index (χ1) is 13.2. The number of tetrazole rings is 1. The highest BCUT2D eigenvalue weighted by molar-refractivity contribution is 5.75. The monoisotopic (exact) mass is 365 g/mol. The fourth-order valence-electron chi connectivity index (χ4n) is 2.70. The average molecular weight is 365 g/mol. The fraction of sp³-hybridized carbons (Fsp3) is 0.263. The topological polar surface area (TPSA) is 91.2 Å². The van der Waals surface area contributed by atoms with Gasteiger partial charge in [-0.2, -0.15) is 4.80 Å². The molecule has 2 heterocycles. The predicted molar refractivity (Wildman–Crippen MR) is 97.4 cm³/mol.